The molecule has 1 atom stereocenters. The zero-order valence-corrected chi connectivity index (χ0v) is 14.1. The Bertz CT molecular complexity index is 762. The quantitative estimate of drug-likeness (QED) is 0.680. The maximum atomic E-state index is 5.91. The smallest absolute Gasteiger partial charge is 0.120 e. The van der Waals surface area contributed by atoms with Gasteiger partial charge in [-0.05, 0) is 50.8 Å². The molecular formula is C20H24N2O. The molecule has 0 saturated carbocycles. The highest BCUT2D eigenvalue weighted by Gasteiger charge is 2.08. The minimum atomic E-state index is 0.500. The van der Waals surface area contributed by atoms with Crippen molar-refractivity contribution in [1.29, 1.82) is 0 Å². The van der Waals surface area contributed by atoms with Gasteiger partial charge in [0, 0.05) is 29.7 Å². The summed E-state index contributed by atoms with van der Waals surface area (Å²) in [5.74, 6) is 0.916. The third-order valence-electron chi connectivity index (χ3n) is 4.33. The molecule has 0 saturated heterocycles. The molecule has 0 aliphatic carbocycles. The van der Waals surface area contributed by atoms with Crippen molar-refractivity contribution in [3.05, 3.63) is 66.4 Å². The summed E-state index contributed by atoms with van der Waals surface area (Å²) in [5.41, 5.74) is 2.44. The fraction of sp³-hybridized carbons (Fsp3) is 0.300. The van der Waals surface area contributed by atoms with Gasteiger partial charge in [0.2, 0.25) is 0 Å². The molecule has 23 heavy (non-hydrogen) atoms. The van der Waals surface area contributed by atoms with E-state index in [1.54, 1.807) is 0 Å². The van der Waals surface area contributed by atoms with Crippen LogP contribution in [0.4, 0.5) is 0 Å². The third-order valence-corrected chi connectivity index (χ3v) is 4.33. The first-order valence-corrected chi connectivity index (χ1v) is 8.05. The zero-order chi connectivity index (χ0) is 16.2. The van der Waals surface area contributed by atoms with Crippen LogP contribution in [0.15, 0.2) is 60.8 Å². The largest absolute Gasteiger partial charge is 0.489 e. The van der Waals surface area contributed by atoms with Crippen molar-refractivity contribution in [2.24, 2.45) is 0 Å². The molecule has 0 spiro atoms. The Morgan fingerprint density at radius 2 is 1.83 bits per heavy atom. The molecule has 3 aromatic rings. The highest BCUT2D eigenvalue weighted by atomic mass is 16.5. The molecular weight excluding hydrogens is 284 g/mol. The molecule has 0 bridgehead atoms. The number of benzene rings is 2. The lowest BCUT2D eigenvalue weighted by molar-refractivity contribution is 0.286. The van der Waals surface area contributed by atoms with Gasteiger partial charge in [-0.2, -0.15) is 0 Å². The van der Waals surface area contributed by atoms with Crippen LogP contribution in [0, 0.1) is 0 Å². The predicted octanol–water partition coefficient (Wildman–Crippen LogP) is 4.17. The van der Waals surface area contributed by atoms with Crippen molar-refractivity contribution in [3.8, 4) is 5.75 Å². The van der Waals surface area contributed by atoms with Crippen molar-refractivity contribution in [3.63, 3.8) is 0 Å². The molecule has 0 N–H and O–H groups in total. The first-order chi connectivity index (χ1) is 11.1. The van der Waals surface area contributed by atoms with Gasteiger partial charge in [0.05, 0.1) is 0 Å². The van der Waals surface area contributed by atoms with E-state index in [0.717, 1.165) is 12.3 Å². The molecule has 1 aromatic heterocycles. The molecule has 3 nitrogen and oxygen atoms in total. The Hall–Kier alpha value is -2.26. The second kappa shape index (κ2) is 6.88. The van der Waals surface area contributed by atoms with Crippen molar-refractivity contribution in [1.82, 2.24) is 9.47 Å². The summed E-state index contributed by atoms with van der Waals surface area (Å²) in [6.45, 7) is 3.83. The SMILES string of the molecule is CC(Cn1ccc2cc(OCc3ccccc3)ccc21)N(C)C. The Kier molecular flexibility index (Phi) is 4.68. The molecule has 3 heteroatoms. The van der Waals surface area contributed by atoms with Crippen molar-refractivity contribution >= 4 is 10.9 Å². The Morgan fingerprint density at radius 3 is 2.57 bits per heavy atom. The van der Waals surface area contributed by atoms with Crippen LogP contribution in [0.5, 0.6) is 5.75 Å². The average molecular weight is 308 g/mol. The van der Waals surface area contributed by atoms with Gasteiger partial charge < -0.3 is 14.2 Å². The van der Waals surface area contributed by atoms with Crippen LogP contribution in [0.2, 0.25) is 0 Å². The van der Waals surface area contributed by atoms with Gasteiger partial charge >= 0.3 is 0 Å². The Labute approximate surface area is 138 Å². The second-order valence-corrected chi connectivity index (χ2v) is 6.28. The number of hydrogen-bond donors (Lipinski definition) is 0. The summed E-state index contributed by atoms with van der Waals surface area (Å²) >= 11 is 0. The van der Waals surface area contributed by atoms with Crippen LogP contribution in [-0.2, 0) is 13.2 Å². The molecule has 0 amide bonds. The van der Waals surface area contributed by atoms with Gasteiger partial charge in [-0.1, -0.05) is 30.3 Å². The number of aromatic nitrogens is 1. The number of likely N-dealkylation sites (N-methyl/N-ethyl adjacent to an activating group) is 1. The van der Waals surface area contributed by atoms with Crippen LogP contribution < -0.4 is 4.74 Å². The number of rotatable bonds is 6. The molecule has 1 unspecified atom stereocenters. The van der Waals surface area contributed by atoms with Crippen molar-refractivity contribution < 1.29 is 4.74 Å². The fourth-order valence-corrected chi connectivity index (χ4v) is 2.62. The lowest BCUT2D eigenvalue weighted by atomic mass is 10.2. The Morgan fingerprint density at radius 1 is 1.04 bits per heavy atom. The lowest BCUT2D eigenvalue weighted by Gasteiger charge is -2.20. The molecule has 0 aliphatic heterocycles. The molecule has 3 rings (SSSR count). The van der Waals surface area contributed by atoms with Gasteiger partial charge in [-0.3, -0.25) is 0 Å². The number of ether oxygens (including phenoxy) is 1. The van der Waals surface area contributed by atoms with E-state index in [1.165, 1.54) is 16.5 Å². The van der Waals surface area contributed by atoms with Gasteiger partial charge in [-0.15, -0.1) is 0 Å². The van der Waals surface area contributed by atoms with E-state index in [9.17, 15) is 0 Å². The van der Waals surface area contributed by atoms with Crippen LogP contribution in [-0.4, -0.2) is 29.6 Å². The molecule has 2 aromatic carbocycles. The monoisotopic (exact) mass is 308 g/mol. The maximum Gasteiger partial charge on any atom is 0.120 e. The average Bonchev–Trinajstić information content (AvgIpc) is 2.96. The van der Waals surface area contributed by atoms with E-state index in [4.69, 9.17) is 4.74 Å². The second-order valence-electron chi connectivity index (χ2n) is 6.28. The van der Waals surface area contributed by atoms with E-state index in [2.05, 4.69) is 73.1 Å². The van der Waals surface area contributed by atoms with Gasteiger partial charge in [0.15, 0.2) is 0 Å². The topological polar surface area (TPSA) is 17.4 Å². The standard InChI is InChI=1S/C20H24N2O/c1-16(21(2)3)14-22-12-11-18-13-19(9-10-20(18)22)23-15-17-7-5-4-6-8-17/h4-13,16H,14-15H2,1-3H3. The van der Waals surface area contributed by atoms with E-state index in [-0.39, 0.29) is 0 Å². The van der Waals surface area contributed by atoms with Crippen LogP contribution in [0.1, 0.15) is 12.5 Å². The minimum absolute atomic E-state index is 0.500. The van der Waals surface area contributed by atoms with Crippen LogP contribution in [0.25, 0.3) is 10.9 Å². The van der Waals surface area contributed by atoms with Crippen molar-refractivity contribution in [2.75, 3.05) is 14.1 Å². The minimum Gasteiger partial charge on any atom is -0.489 e. The summed E-state index contributed by atoms with van der Waals surface area (Å²) in [5, 5.41) is 1.22. The Balaban J connectivity index is 1.73. The molecule has 1 heterocycles. The zero-order valence-electron chi connectivity index (χ0n) is 14.1. The first kappa shape index (κ1) is 15.6. The summed E-state index contributed by atoms with van der Waals surface area (Å²) in [6, 6.07) is 19.2. The summed E-state index contributed by atoms with van der Waals surface area (Å²) in [6.07, 6.45) is 2.16. The van der Waals surface area contributed by atoms with Gasteiger partial charge in [0.1, 0.15) is 12.4 Å². The number of fused-ring (bicyclic) bond motifs is 1. The lowest BCUT2D eigenvalue weighted by Crippen LogP contribution is -2.28. The molecule has 0 radical (unpaired) electrons. The number of hydrogen-bond acceptors (Lipinski definition) is 2. The van der Waals surface area contributed by atoms with E-state index >= 15 is 0 Å². The highest BCUT2D eigenvalue weighted by molar-refractivity contribution is 5.81. The third kappa shape index (κ3) is 3.74. The van der Waals surface area contributed by atoms with E-state index < -0.39 is 0 Å². The molecule has 0 fully saturated rings. The molecule has 0 aliphatic rings. The van der Waals surface area contributed by atoms with Crippen molar-refractivity contribution in [2.45, 2.75) is 26.1 Å². The van der Waals surface area contributed by atoms with E-state index in [1.807, 2.05) is 18.2 Å². The highest BCUT2D eigenvalue weighted by Crippen LogP contribution is 2.23. The van der Waals surface area contributed by atoms with E-state index in [0.29, 0.717) is 12.6 Å². The fourth-order valence-electron chi connectivity index (χ4n) is 2.62. The first-order valence-electron chi connectivity index (χ1n) is 8.05. The summed E-state index contributed by atoms with van der Waals surface area (Å²) in [4.78, 5) is 2.24. The van der Waals surface area contributed by atoms with Gasteiger partial charge in [-0.25, -0.2) is 0 Å². The van der Waals surface area contributed by atoms with Gasteiger partial charge in [0.25, 0.3) is 0 Å². The van der Waals surface area contributed by atoms with Crippen LogP contribution >= 0.6 is 0 Å². The summed E-state index contributed by atoms with van der Waals surface area (Å²) < 4.78 is 8.22. The molecule has 120 valence electrons. The predicted molar refractivity (Wildman–Crippen MR) is 95.9 cm³/mol. The maximum absolute atomic E-state index is 5.91. The normalized spacial score (nSPS) is 12.7. The number of nitrogens with zero attached hydrogens (tertiary/aromatic N) is 2. The summed E-state index contributed by atoms with van der Waals surface area (Å²) in [7, 11) is 4.23. The van der Waals surface area contributed by atoms with Crippen LogP contribution in [0.3, 0.4) is 0 Å².